The van der Waals surface area contributed by atoms with Crippen molar-refractivity contribution in [2.45, 2.75) is 148 Å². The van der Waals surface area contributed by atoms with Crippen LogP contribution in [0.5, 0.6) is 0 Å². The molecule has 0 saturated carbocycles. The summed E-state index contributed by atoms with van der Waals surface area (Å²) in [6.45, 7) is 3.09. The zero-order valence-electron chi connectivity index (χ0n) is 18.7. The van der Waals surface area contributed by atoms with E-state index in [0.717, 1.165) is 13.0 Å². The highest BCUT2D eigenvalue weighted by molar-refractivity contribution is 5.46. The summed E-state index contributed by atoms with van der Waals surface area (Å²) >= 11 is 0. The molecule has 27 heavy (non-hydrogen) atoms. The average molecular weight is 381 g/mol. The molecule has 0 heterocycles. The lowest BCUT2D eigenvalue weighted by atomic mass is 10.0. The number of unbranched alkanes of at least 4 members (excludes halogenated alkanes) is 21. The summed E-state index contributed by atoms with van der Waals surface area (Å²) in [4.78, 5) is 9.99. The zero-order valence-corrected chi connectivity index (χ0v) is 18.7. The zero-order chi connectivity index (χ0) is 19.7. The van der Waals surface area contributed by atoms with E-state index in [1.54, 1.807) is 6.41 Å². The van der Waals surface area contributed by atoms with Crippen LogP contribution in [0.1, 0.15) is 148 Å². The van der Waals surface area contributed by atoms with Gasteiger partial charge in [-0.15, -0.1) is 0 Å². The molecule has 0 rings (SSSR count). The second kappa shape index (κ2) is 25.5. The fraction of sp³-hybridized carbons (Fsp3) is 0.960. The Morgan fingerprint density at radius 1 is 0.444 bits per heavy atom. The summed E-state index contributed by atoms with van der Waals surface area (Å²) in [6, 6.07) is 0. The molecule has 0 fully saturated rings. The van der Waals surface area contributed by atoms with Crippen LogP contribution in [0.15, 0.2) is 0 Å². The number of rotatable bonds is 24. The maximum atomic E-state index is 9.99. The molecule has 0 aromatic rings. The van der Waals surface area contributed by atoms with Gasteiger partial charge in [-0.3, -0.25) is 4.79 Å². The molecule has 161 valence electrons. The van der Waals surface area contributed by atoms with Crippen LogP contribution in [-0.4, -0.2) is 13.0 Å². The van der Waals surface area contributed by atoms with Crippen LogP contribution in [0.25, 0.3) is 0 Å². The molecule has 0 aliphatic carbocycles. The van der Waals surface area contributed by atoms with E-state index in [1.165, 1.54) is 135 Å². The van der Waals surface area contributed by atoms with E-state index in [0.29, 0.717) is 0 Å². The minimum atomic E-state index is 0.794. The Hall–Kier alpha value is -0.530. The maximum Gasteiger partial charge on any atom is 0.309 e. The maximum absolute atomic E-state index is 9.99. The summed E-state index contributed by atoms with van der Waals surface area (Å²) in [7, 11) is 0. The molecule has 1 amide bonds. The lowest BCUT2D eigenvalue weighted by Crippen LogP contribution is -2.11. The van der Waals surface area contributed by atoms with Crippen LogP contribution in [0, 0.1) is 0 Å². The van der Waals surface area contributed by atoms with Crippen LogP contribution >= 0.6 is 0 Å². The average Bonchev–Trinajstić information content (AvgIpc) is 2.68. The Morgan fingerprint density at radius 3 is 0.963 bits per heavy atom. The Morgan fingerprint density at radius 2 is 0.704 bits per heavy atom. The summed E-state index contributed by atoms with van der Waals surface area (Å²) in [5.41, 5.74) is 0. The molecule has 0 atom stereocenters. The van der Waals surface area contributed by atoms with Crippen molar-refractivity contribution in [3.63, 3.8) is 0 Å². The van der Waals surface area contributed by atoms with E-state index >= 15 is 0 Å². The first-order chi connectivity index (χ1) is 13.4. The van der Waals surface area contributed by atoms with Gasteiger partial charge in [0.05, 0.1) is 0 Å². The van der Waals surface area contributed by atoms with Crippen molar-refractivity contribution in [2.75, 3.05) is 6.54 Å². The number of nitrogens with one attached hydrogen (secondary N) is 1. The number of carbonyl (C=O) groups excluding carboxylic acids is 1. The molecule has 0 aliphatic rings. The molecule has 0 aromatic carbocycles. The number of hydrogen-bond donors (Lipinski definition) is 1. The van der Waals surface area contributed by atoms with E-state index in [-0.39, 0.29) is 0 Å². The van der Waals surface area contributed by atoms with Gasteiger partial charge in [0, 0.05) is 6.54 Å². The summed E-state index contributed by atoms with van der Waals surface area (Å²) in [5, 5.41) is 2.60. The van der Waals surface area contributed by atoms with Gasteiger partial charge in [0.1, 0.15) is 0 Å². The molecule has 2 nitrogen and oxygen atoms in total. The van der Waals surface area contributed by atoms with Crippen molar-refractivity contribution >= 4 is 6.41 Å². The predicted molar refractivity (Wildman–Crippen MR) is 121 cm³/mol. The number of amides is 1. The Labute approximate surface area is 171 Å². The minimum absolute atomic E-state index is 0.794. The van der Waals surface area contributed by atoms with Gasteiger partial charge in [0.15, 0.2) is 0 Å². The standard InChI is InChI=1S/C25H50NO/c1-2-3-4-5-6-7-8-9-10-11-12-13-14-15-16-17-18-19-20-21-22-23-24-26-25-27/h2-24H2,1H3,(H,26,27). The Balaban J connectivity index is 2.96. The van der Waals surface area contributed by atoms with Crippen LogP contribution in [0.3, 0.4) is 0 Å². The second-order valence-electron chi connectivity index (χ2n) is 8.45. The van der Waals surface area contributed by atoms with Gasteiger partial charge in [-0.05, 0) is 6.42 Å². The third-order valence-electron chi connectivity index (χ3n) is 5.73. The monoisotopic (exact) mass is 380 g/mol. The molecule has 2 heteroatoms. The summed E-state index contributed by atoms with van der Waals surface area (Å²) in [6.07, 6.45) is 32.8. The normalized spacial score (nSPS) is 11.0. The minimum Gasteiger partial charge on any atom is -0.348 e. The Bertz CT molecular complexity index is 267. The molecule has 0 aliphatic heterocycles. The largest absolute Gasteiger partial charge is 0.348 e. The first-order valence-corrected chi connectivity index (χ1v) is 12.5. The third-order valence-corrected chi connectivity index (χ3v) is 5.73. The highest BCUT2D eigenvalue weighted by atomic mass is 16.1. The fourth-order valence-corrected chi connectivity index (χ4v) is 3.87. The lowest BCUT2D eigenvalue weighted by Gasteiger charge is -2.04. The lowest BCUT2D eigenvalue weighted by molar-refractivity contribution is 0.517. The van der Waals surface area contributed by atoms with Gasteiger partial charge in [-0.25, -0.2) is 0 Å². The summed E-state index contributed by atoms with van der Waals surface area (Å²) in [5.74, 6) is 0. The molecule has 0 unspecified atom stereocenters. The molecule has 0 saturated heterocycles. The topological polar surface area (TPSA) is 29.1 Å². The third kappa shape index (κ3) is 25.5. The van der Waals surface area contributed by atoms with Crippen LogP contribution in [0.4, 0.5) is 0 Å². The van der Waals surface area contributed by atoms with Gasteiger partial charge < -0.3 is 5.32 Å². The first kappa shape index (κ1) is 26.5. The van der Waals surface area contributed by atoms with Crippen molar-refractivity contribution in [3.05, 3.63) is 0 Å². The second-order valence-corrected chi connectivity index (χ2v) is 8.45. The van der Waals surface area contributed by atoms with Gasteiger partial charge in [-0.1, -0.05) is 142 Å². The van der Waals surface area contributed by atoms with Crippen molar-refractivity contribution in [2.24, 2.45) is 0 Å². The molecule has 0 bridgehead atoms. The first-order valence-electron chi connectivity index (χ1n) is 12.5. The van der Waals surface area contributed by atoms with Gasteiger partial charge in [0.2, 0.25) is 0 Å². The van der Waals surface area contributed by atoms with Crippen molar-refractivity contribution < 1.29 is 4.79 Å². The van der Waals surface area contributed by atoms with Crippen molar-refractivity contribution in [1.82, 2.24) is 5.32 Å². The van der Waals surface area contributed by atoms with Crippen LogP contribution in [0.2, 0.25) is 0 Å². The van der Waals surface area contributed by atoms with E-state index in [9.17, 15) is 4.79 Å². The fourth-order valence-electron chi connectivity index (χ4n) is 3.87. The molecule has 1 radical (unpaired) electrons. The molecule has 1 N–H and O–H groups in total. The molecule has 0 spiro atoms. The van der Waals surface area contributed by atoms with E-state index in [2.05, 4.69) is 12.2 Å². The SMILES string of the molecule is CCCCCCCCCCCCCCCCCCCCCCCCN[C]=O. The van der Waals surface area contributed by atoms with E-state index in [1.807, 2.05) is 0 Å². The van der Waals surface area contributed by atoms with Crippen molar-refractivity contribution in [3.8, 4) is 0 Å². The van der Waals surface area contributed by atoms with E-state index in [4.69, 9.17) is 0 Å². The van der Waals surface area contributed by atoms with Gasteiger partial charge in [0.25, 0.3) is 0 Å². The van der Waals surface area contributed by atoms with Crippen LogP contribution < -0.4 is 5.32 Å². The molecule has 0 aromatic heterocycles. The predicted octanol–water partition coefficient (Wildman–Crippen LogP) is 8.25. The van der Waals surface area contributed by atoms with Crippen molar-refractivity contribution in [1.29, 1.82) is 0 Å². The van der Waals surface area contributed by atoms with Gasteiger partial charge in [-0.2, -0.15) is 0 Å². The molecular weight excluding hydrogens is 330 g/mol. The smallest absolute Gasteiger partial charge is 0.309 e. The van der Waals surface area contributed by atoms with E-state index < -0.39 is 0 Å². The highest BCUT2D eigenvalue weighted by Gasteiger charge is 1.95. The number of hydrogen-bond acceptors (Lipinski definition) is 1. The van der Waals surface area contributed by atoms with Gasteiger partial charge >= 0.3 is 6.41 Å². The Kier molecular flexibility index (Phi) is 25.0. The molecular formula is C25H50NO. The highest BCUT2D eigenvalue weighted by Crippen LogP contribution is 2.15. The quantitative estimate of drug-likeness (QED) is 0.132. The van der Waals surface area contributed by atoms with Crippen LogP contribution in [-0.2, 0) is 4.79 Å². The summed E-state index contributed by atoms with van der Waals surface area (Å²) < 4.78 is 0.